The van der Waals surface area contributed by atoms with Crippen molar-refractivity contribution in [2.75, 3.05) is 33.0 Å². The van der Waals surface area contributed by atoms with Gasteiger partial charge in [-0.25, -0.2) is 18.1 Å². The van der Waals surface area contributed by atoms with Crippen LogP contribution in [0.2, 0.25) is 0 Å². The third-order valence-corrected chi connectivity index (χ3v) is 10.1. The van der Waals surface area contributed by atoms with Crippen LogP contribution < -0.4 is 4.57 Å². The van der Waals surface area contributed by atoms with E-state index in [0.717, 1.165) is 29.9 Å². The second kappa shape index (κ2) is 25.6. The van der Waals surface area contributed by atoms with Crippen molar-refractivity contribution in [1.29, 1.82) is 0 Å². The first-order valence-corrected chi connectivity index (χ1v) is 20.5. The molecule has 1 aromatic heterocycles. The molecule has 1 aliphatic rings. The Labute approximate surface area is 299 Å². The second-order valence-corrected chi connectivity index (χ2v) is 15.1. The van der Waals surface area contributed by atoms with Gasteiger partial charge in [0, 0.05) is 19.4 Å². The highest BCUT2D eigenvalue weighted by molar-refractivity contribution is 7.85. The van der Waals surface area contributed by atoms with E-state index in [0.29, 0.717) is 25.7 Å². The number of benzene rings is 1. The fourth-order valence-electron chi connectivity index (χ4n) is 5.59. The SMILES string of the molecule is CCCCCCCCCCCCCCCCOC[C@@H]1CO[C@@H](COC(=O)N(CC[n+]2ccsc2)C(C)=O)C1.Cc1ccc(S(=O)(=O)[O-])cc1. The van der Waals surface area contributed by atoms with Crippen molar-refractivity contribution in [2.24, 2.45) is 5.92 Å². The van der Waals surface area contributed by atoms with Gasteiger partial charge in [-0.05, 0) is 31.9 Å². The number of hydrogen-bond donors (Lipinski definition) is 0. The zero-order valence-corrected chi connectivity index (χ0v) is 31.7. The Bertz CT molecular complexity index is 1260. The van der Waals surface area contributed by atoms with Gasteiger partial charge < -0.3 is 18.8 Å². The summed E-state index contributed by atoms with van der Waals surface area (Å²) in [5.41, 5.74) is 2.87. The van der Waals surface area contributed by atoms with Crippen LogP contribution in [0.4, 0.5) is 4.79 Å². The van der Waals surface area contributed by atoms with Gasteiger partial charge in [0.15, 0.2) is 12.7 Å². The monoisotopic (exact) mass is 724 g/mol. The molecule has 10 nitrogen and oxygen atoms in total. The summed E-state index contributed by atoms with van der Waals surface area (Å²) in [7, 11) is -4.27. The summed E-state index contributed by atoms with van der Waals surface area (Å²) in [5, 5.41) is 1.95. The number of unbranched alkanes of at least 4 members (excludes halogenated alkanes) is 13. The molecule has 2 amide bonds. The third-order valence-electron chi connectivity index (χ3n) is 8.57. The number of hydrogen-bond acceptors (Lipinski definition) is 9. The number of amides is 2. The number of imide groups is 1. The highest BCUT2D eigenvalue weighted by Gasteiger charge is 2.28. The number of carbonyl (C=O) groups excluding carboxylic acids is 2. The minimum absolute atomic E-state index is 0.131. The maximum absolute atomic E-state index is 12.4. The highest BCUT2D eigenvalue weighted by atomic mass is 32.2. The first-order valence-electron chi connectivity index (χ1n) is 18.2. The normalized spacial score (nSPS) is 15.8. The molecule has 2 aromatic rings. The molecule has 2 heterocycles. The van der Waals surface area contributed by atoms with Crippen LogP contribution in [0.3, 0.4) is 0 Å². The predicted molar refractivity (Wildman–Crippen MR) is 191 cm³/mol. The average Bonchev–Trinajstić information content (AvgIpc) is 3.76. The molecule has 0 aliphatic carbocycles. The number of rotatable bonds is 23. The summed E-state index contributed by atoms with van der Waals surface area (Å²) in [4.78, 5) is 25.3. The molecular formula is C37H60N2O8S2. The lowest BCUT2D eigenvalue weighted by molar-refractivity contribution is -0.691. The molecule has 0 radical (unpaired) electrons. The molecule has 12 heteroatoms. The zero-order valence-electron chi connectivity index (χ0n) is 30.0. The van der Waals surface area contributed by atoms with Crippen molar-refractivity contribution in [3.8, 4) is 0 Å². The average molecular weight is 725 g/mol. The molecule has 1 aliphatic heterocycles. The molecule has 1 fully saturated rings. The Balaban J connectivity index is 0.000000639. The third kappa shape index (κ3) is 20.2. The molecule has 1 aromatic carbocycles. The number of aryl methyl sites for hydroxylation is 1. The van der Waals surface area contributed by atoms with Gasteiger partial charge in [0.1, 0.15) is 16.7 Å². The van der Waals surface area contributed by atoms with E-state index in [-0.39, 0.29) is 30.1 Å². The molecule has 2 atom stereocenters. The van der Waals surface area contributed by atoms with Gasteiger partial charge >= 0.3 is 6.09 Å². The number of thiazole rings is 1. The minimum Gasteiger partial charge on any atom is -0.744 e. The quantitative estimate of drug-likeness (QED) is 0.0645. The first-order chi connectivity index (χ1) is 23.6. The highest BCUT2D eigenvalue weighted by Crippen LogP contribution is 2.21. The Morgan fingerprint density at radius 1 is 0.939 bits per heavy atom. The van der Waals surface area contributed by atoms with Gasteiger partial charge in [0.25, 0.3) is 0 Å². The van der Waals surface area contributed by atoms with Gasteiger partial charge in [-0.1, -0.05) is 119 Å². The first kappa shape index (κ1) is 42.8. The van der Waals surface area contributed by atoms with E-state index < -0.39 is 16.2 Å². The van der Waals surface area contributed by atoms with Crippen LogP contribution in [0.25, 0.3) is 0 Å². The Hall–Kier alpha value is -2.38. The van der Waals surface area contributed by atoms with E-state index in [1.165, 1.54) is 103 Å². The Morgan fingerprint density at radius 2 is 1.53 bits per heavy atom. The fraction of sp³-hybridized carbons (Fsp3) is 0.703. The van der Waals surface area contributed by atoms with Gasteiger partial charge in [0.2, 0.25) is 11.4 Å². The van der Waals surface area contributed by atoms with Crippen LogP contribution in [0.5, 0.6) is 0 Å². The smallest absolute Gasteiger partial charge is 0.416 e. The van der Waals surface area contributed by atoms with Gasteiger partial charge in [-0.2, -0.15) is 4.57 Å². The van der Waals surface area contributed by atoms with Gasteiger partial charge in [-0.15, -0.1) is 0 Å². The van der Waals surface area contributed by atoms with Crippen molar-refractivity contribution >= 4 is 33.5 Å². The Kier molecular flexibility index (Phi) is 22.3. The second-order valence-electron chi connectivity index (χ2n) is 13.0. The molecular weight excluding hydrogens is 665 g/mol. The van der Waals surface area contributed by atoms with Crippen molar-refractivity contribution in [3.63, 3.8) is 0 Å². The van der Waals surface area contributed by atoms with E-state index in [2.05, 4.69) is 6.92 Å². The number of carbonyl (C=O) groups is 2. The summed E-state index contributed by atoms with van der Waals surface area (Å²) in [6.07, 6.45) is 21.1. The summed E-state index contributed by atoms with van der Waals surface area (Å²) < 4.78 is 50.2. The zero-order chi connectivity index (χ0) is 35.7. The summed E-state index contributed by atoms with van der Waals surface area (Å²) in [6, 6.07) is 5.78. The minimum atomic E-state index is -4.27. The number of ether oxygens (including phenoxy) is 3. The van der Waals surface area contributed by atoms with Crippen LogP contribution in [0.15, 0.2) is 46.2 Å². The number of aromatic nitrogens is 1. The van der Waals surface area contributed by atoms with E-state index in [4.69, 9.17) is 14.2 Å². The predicted octanol–water partition coefficient (Wildman–Crippen LogP) is 7.82. The van der Waals surface area contributed by atoms with Crippen molar-refractivity contribution in [2.45, 2.75) is 135 Å². The molecule has 0 spiro atoms. The molecule has 3 rings (SSSR count). The fourth-order valence-corrected chi connectivity index (χ4v) is 6.69. The van der Waals surface area contributed by atoms with Crippen molar-refractivity contribution in [1.82, 2.24) is 4.90 Å². The lowest BCUT2D eigenvalue weighted by Gasteiger charge is -2.18. The van der Waals surface area contributed by atoms with E-state index in [9.17, 15) is 22.6 Å². The molecule has 0 saturated carbocycles. The molecule has 0 N–H and O–H groups in total. The maximum atomic E-state index is 12.4. The standard InChI is InChI=1S/C30H53N2O5S.C7H8O3S/c1-3-4-5-6-7-8-9-10-11-12-13-14-15-16-20-35-23-28-22-29(36-24-28)25-37-30(34)32(27(2)33)18-17-31-19-21-38-26-31;1-6-2-4-7(5-3-6)11(8,9)10/h19,21,26,28-29H,3-18,20,22-25H2,1-2H3;2-5H,1H3,(H,8,9,10)/q+1;/p-1/t28-,29-;/m1./s1. The molecule has 278 valence electrons. The van der Waals surface area contributed by atoms with Crippen LogP contribution in [-0.4, -0.2) is 68.9 Å². The van der Waals surface area contributed by atoms with E-state index in [1.807, 2.05) is 28.6 Å². The lowest BCUT2D eigenvalue weighted by Crippen LogP contribution is -2.44. The summed E-state index contributed by atoms with van der Waals surface area (Å²) in [6.45, 7) is 8.63. The molecule has 49 heavy (non-hydrogen) atoms. The van der Waals surface area contributed by atoms with Crippen LogP contribution in [0.1, 0.15) is 116 Å². The molecule has 0 unspecified atom stereocenters. The van der Waals surface area contributed by atoms with Gasteiger partial charge in [0.05, 0.1) is 36.1 Å². The van der Waals surface area contributed by atoms with Crippen LogP contribution >= 0.6 is 11.3 Å². The molecule has 1 saturated heterocycles. The van der Waals surface area contributed by atoms with Gasteiger partial charge in [-0.3, -0.25) is 4.79 Å². The summed E-state index contributed by atoms with van der Waals surface area (Å²) >= 11 is 1.57. The van der Waals surface area contributed by atoms with E-state index >= 15 is 0 Å². The maximum Gasteiger partial charge on any atom is 0.416 e. The van der Waals surface area contributed by atoms with Crippen molar-refractivity contribution < 1.29 is 41.3 Å². The topological polar surface area (TPSA) is 126 Å². The van der Waals surface area contributed by atoms with Crippen LogP contribution in [0, 0.1) is 12.8 Å². The van der Waals surface area contributed by atoms with Crippen LogP contribution in [-0.2, 0) is 35.7 Å². The Morgan fingerprint density at radius 3 is 2.06 bits per heavy atom. The lowest BCUT2D eigenvalue weighted by atomic mass is 10.0. The van der Waals surface area contributed by atoms with E-state index in [1.54, 1.807) is 23.5 Å². The number of nitrogens with zero attached hydrogens (tertiary/aromatic N) is 2. The van der Waals surface area contributed by atoms with Crippen molar-refractivity contribution in [3.05, 3.63) is 46.9 Å². The largest absolute Gasteiger partial charge is 0.744 e. The molecule has 0 bridgehead atoms. The summed E-state index contributed by atoms with van der Waals surface area (Å²) in [5.74, 6) is 0.0252.